The number of carbonyl (C=O) groups excluding carboxylic acids is 1. The Morgan fingerprint density at radius 3 is 2.54 bits per heavy atom. The first-order chi connectivity index (χ1) is 13.4. The number of para-hydroxylation sites is 1. The molecule has 5 nitrogen and oxygen atoms in total. The smallest absolute Gasteiger partial charge is 0.238 e. The van der Waals surface area contributed by atoms with Gasteiger partial charge in [0.05, 0.1) is 17.9 Å². The number of halogens is 1. The van der Waals surface area contributed by atoms with Gasteiger partial charge in [-0.15, -0.1) is 0 Å². The summed E-state index contributed by atoms with van der Waals surface area (Å²) in [5, 5.41) is 8.26. The minimum Gasteiger partial charge on any atom is -0.325 e. The van der Waals surface area contributed by atoms with Crippen molar-refractivity contribution in [1.29, 1.82) is 0 Å². The highest BCUT2D eigenvalue weighted by molar-refractivity contribution is 6.31. The van der Waals surface area contributed by atoms with Crippen LogP contribution in [0.2, 0.25) is 5.02 Å². The van der Waals surface area contributed by atoms with Crippen LogP contribution in [-0.2, 0) is 11.3 Å². The summed E-state index contributed by atoms with van der Waals surface area (Å²) < 4.78 is 1.95. The van der Waals surface area contributed by atoms with Crippen LogP contribution in [0.3, 0.4) is 0 Å². The van der Waals surface area contributed by atoms with Gasteiger partial charge in [-0.05, 0) is 57.6 Å². The van der Waals surface area contributed by atoms with E-state index in [1.807, 2.05) is 79.0 Å². The number of hydrogen-bond donors (Lipinski definition) is 1. The fourth-order valence-electron chi connectivity index (χ4n) is 3.23. The van der Waals surface area contributed by atoms with Gasteiger partial charge in [-0.25, -0.2) is 4.68 Å². The lowest BCUT2D eigenvalue weighted by molar-refractivity contribution is -0.117. The van der Waals surface area contributed by atoms with Crippen molar-refractivity contribution >= 4 is 23.2 Å². The maximum Gasteiger partial charge on any atom is 0.238 e. The Morgan fingerprint density at radius 2 is 1.82 bits per heavy atom. The highest BCUT2D eigenvalue weighted by Crippen LogP contribution is 2.23. The molecule has 0 unspecified atom stereocenters. The van der Waals surface area contributed by atoms with Gasteiger partial charge in [0, 0.05) is 28.5 Å². The molecule has 0 saturated heterocycles. The van der Waals surface area contributed by atoms with Crippen LogP contribution in [0.5, 0.6) is 0 Å². The summed E-state index contributed by atoms with van der Waals surface area (Å²) in [5.74, 6) is -0.0707. The fraction of sp³-hybridized carbons (Fsp3) is 0.273. The predicted molar refractivity (Wildman–Crippen MR) is 114 cm³/mol. The van der Waals surface area contributed by atoms with Gasteiger partial charge >= 0.3 is 0 Å². The third-order valence-corrected chi connectivity index (χ3v) is 5.23. The lowest BCUT2D eigenvalue weighted by Gasteiger charge is -2.17. The summed E-state index contributed by atoms with van der Waals surface area (Å²) >= 11 is 6.13. The average Bonchev–Trinajstić information content (AvgIpc) is 2.94. The number of aromatic nitrogens is 2. The van der Waals surface area contributed by atoms with Gasteiger partial charge in [0.25, 0.3) is 0 Å². The van der Waals surface area contributed by atoms with Crippen LogP contribution in [0.15, 0.2) is 48.5 Å². The lowest BCUT2D eigenvalue weighted by atomic mass is 10.2. The van der Waals surface area contributed by atoms with E-state index in [2.05, 4.69) is 17.3 Å². The summed E-state index contributed by atoms with van der Waals surface area (Å²) in [6.07, 6.45) is 0. The minimum atomic E-state index is -0.0707. The molecule has 1 aromatic heterocycles. The van der Waals surface area contributed by atoms with Crippen LogP contribution in [0.1, 0.15) is 22.5 Å². The number of amides is 1. The van der Waals surface area contributed by atoms with Gasteiger partial charge in [-0.2, -0.15) is 5.10 Å². The molecule has 3 rings (SSSR count). The molecular formula is C22H25ClN4O. The van der Waals surface area contributed by atoms with E-state index in [4.69, 9.17) is 11.6 Å². The van der Waals surface area contributed by atoms with Gasteiger partial charge in [-0.3, -0.25) is 9.69 Å². The van der Waals surface area contributed by atoms with Crippen LogP contribution in [0, 0.1) is 20.8 Å². The molecule has 6 heteroatoms. The zero-order chi connectivity index (χ0) is 20.3. The summed E-state index contributed by atoms with van der Waals surface area (Å²) in [6.45, 7) is 6.89. The highest BCUT2D eigenvalue weighted by Gasteiger charge is 2.16. The van der Waals surface area contributed by atoms with Crippen LogP contribution < -0.4 is 5.32 Å². The van der Waals surface area contributed by atoms with Crippen LogP contribution in [0.4, 0.5) is 5.69 Å². The minimum absolute atomic E-state index is 0.0707. The number of hydrogen-bond acceptors (Lipinski definition) is 3. The maximum atomic E-state index is 12.5. The zero-order valence-corrected chi connectivity index (χ0v) is 17.4. The number of carbonyl (C=O) groups is 1. The Hall–Kier alpha value is -2.63. The third kappa shape index (κ3) is 4.43. The van der Waals surface area contributed by atoms with E-state index in [1.54, 1.807) is 0 Å². The van der Waals surface area contributed by atoms with Gasteiger partial charge in [0.2, 0.25) is 5.91 Å². The van der Waals surface area contributed by atoms with E-state index in [9.17, 15) is 4.79 Å². The molecule has 0 aliphatic rings. The van der Waals surface area contributed by atoms with Crippen LogP contribution >= 0.6 is 11.6 Å². The Balaban J connectivity index is 1.68. The van der Waals surface area contributed by atoms with E-state index < -0.39 is 0 Å². The second-order valence-corrected chi connectivity index (χ2v) is 7.44. The number of aryl methyl sites for hydroxylation is 1. The maximum absolute atomic E-state index is 12.5. The molecule has 146 valence electrons. The largest absolute Gasteiger partial charge is 0.325 e. The van der Waals surface area contributed by atoms with Gasteiger partial charge in [0.15, 0.2) is 0 Å². The SMILES string of the molecule is Cc1nn(-c2ccccc2)c(C)c1CN(C)CC(=O)Nc1cccc(Cl)c1C. The Kier molecular flexibility index (Phi) is 6.17. The van der Waals surface area contributed by atoms with Crippen molar-refractivity contribution in [1.82, 2.24) is 14.7 Å². The quantitative estimate of drug-likeness (QED) is 0.666. The third-order valence-electron chi connectivity index (χ3n) is 4.83. The second-order valence-electron chi connectivity index (χ2n) is 7.03. The van der Waals surface area contributed by atoms with Gasteiger partial charge < -0.3 is 5.32 Å². The Labute approximate surface area is 170 Å². The first-order valence-corrected chi connectivity index (χ1v) is 9.58. The number of rotatable bonds is 6. The molecule has 0 bridgehead atoms. The number of likely N-dealkylation sites (N-methyl/N-ethyl adjacent to an activating group) is 1. The van der Waals surface area contributed by atoms with Crippen molar-refractivity contribution in [2.24, 2.45) is 0 Å². The molecule has 0 aliphatic heterocycles. The highest BCUT2D eigenvalue weighted by atomic mass is 35.5. The number of benzene rings is 2. The molecule has 0 radical (unpaired) electrons. The van der Waals surface area contributed by atoms with E-state index in [1.165, 1.54) is 0 Å². The summed E-state index contributed by atoms with van der Waals surface area (Å²) in [4.78, 5) is 14.4. The van der Waals surface area contributed by atoms with Crippen molar-refractivity contribution in [2.75, 3.05) is 18.9 Å². The molecule has 0 saturated carbocycles. The predicted octanol–water partition coefficient (Wildman–Crippen LogP) is 4.52. The van der Waals surface area contributed by atoms with Crippen molar-refractivity contribution < 1.29 is 4.79 Å². The number of anilines is 1. The van der Waals surface area contributed by atoms with Crippen molar-refractivity contribution in [3.8, 4) is 5.69 Å². The molecular weight excluding hydrogens is 372 g/mol. The molecule has 28 heavy (non-hydrogen) atoms. The molecule has 0 aliphatic carbocycles. The molecule has 0 spiro atoms. The fourth-order valence-corrected chi connectivity index (χ4v) is 3.40. The first-order valence-electron chi connectivity index (χ1n) is 9.21. The molecule has 1 N–H and O–H groups in total. The normalized spacial score (nSPS) is 11.1. The molecule has 0 atom stereocenters. The van der Waals surface area contributed by atoms with Crippen molar-refractivity contribution in [3.05, 3.63) is 76.1 Å². The average molecular weight is 397 g/mol. The van der Waals surface area contributed by atoms with Gasteiger partial charge in [-0.1, -0.05) is 35.9 Å². The van der Waals surface area contributed by atoms with Crippen molar-refractivity contribution in [3.63, 3.8) is 0 Å². The molecule has 0 fully saturated rings. The Bertz CT molecular complexity index is 982. The van der Waals surface area contributed by atoms with Crippen LogP contribution in [0.25, 0.3) is 5.69 Å². The van der Waals surface area contributed by atoms with E-state index in [0.717, 1.165) is 33.9 Å². The summed E-state index contributed by atoms with van der Waals surface area (Å²) in [5.41, 5.74) is 5.84. The lowest BCUT2D eigenvalue weighted by Crippen LogP contribution is -2.30. The van der Waals surface area contributed by atoms with Crippen LogP contribution in [-0.4, -0.2) is 34.2 Å². The summed E-state index contributed by atoms with van der Waals surface area (Å²) in [7, 11) is 1.93. The molecule has 3 aromatic rings. The van der Waals surface area contributed by atoms with Crippen molar-refractivity contribution in [2.45, 2.75) is 27.3 Å². The monoisotopic (exact) mass is 396 g/mol. The molecule has 1 amide bonds. The molecule has 1 heterocycles. The van der Waals surface area contributed by atoms with E-state index in [-0.39, 0.29) is 12.5 Å². The second kappa shape index (κ2) is 8.59. The number of nitrogens with zero attached hydrogens (tertiary/aromatic N) is 3. The van der Waals surface area contributed by atoms with E-state index in [0.29, 0.717) is 11.6 Å². The van der Waals surface area contributed by atoms with E-state index >= 15 is 0 Å². The number of nitrogens with one attached hydrogen (secondary N) is 1. The first kappa shape index (κ1) is 20.1. The zero-order valence-electron chi connectivity index (χ0n) is 16.7. The molecule has 2 aromatic carbocycles. The Morgan fingerprint density at radius 1 is 1.11 bits per heavy atom. The summed E-state index contributed by atoms with van der Waals surface area (Å²) in [6, 6.07) is 15.6. The van der Waals surface area contributed by atoms with Gasteiger partial charge in [0.1, 0.15) is 0 Å². The standard InChI is InChI=1S/C22H25ClN4O/c1-15-20(23)11-8-12-21(15)24-22(28)14-26(4)13-19-16(2)25-27(17(19)3)18-9-6-5-7-10-18/h5-12H,13-14H2,1-4H3,(H,24,28). The topological polar surface area (TPSA) is 50.2 Å².